The molecule has 0 bridgehead atoms. The molecule has 2 amide bonds. The predicted octanol–water partition coefficient (Wildman–Crippen LogP) is 1.61. The van der Waals surface area contributed by atoms with Crippen molar-refractivity contribution >= 4 is 40.6 Å². The number of amidine groups is 1. The van der Waals surface area contributed by atoms with Gasteiger partial charge >= 0.3 is 0 Å². The largest absolute Gasteiger partial charge is 0.326 e. The molecule has 6 nitrogen and oxygen atoms in total. The van der Waals surface area contributed by atoms with Crippen molar-refractivity contribution in [2.75, 3.05) is 5.32 Å². The van der Waals surface area contributed by atoms with Crippen LogP contribution in [-0.4, -0.2) is 28.4 Å². The Morgan fingerprint density at radius 2 is 2.20 bits per heavy atom. The maximum atomic E-state index is 11.9. The van der Waals surface area contributed by atoms with Crippen molar-refractivity contribution in [2.24, 2.45) is 10.2 Å². The first-order valence-corrected chi connectivity index (χ1v) is 6.95. The summed E-state index contributed by atoms with van der Waals surface area (Å²) in [5.74, 6) is -0.424. The third-order valence-electron chi connectivity index (χ3n) is 2.47. The molecule has 0 unspecified atom stereocenters. The SMILES string of the molecule is C/C=N\N=C1/NC(=O)[C@H](CC(=O)Nc2ccccc2)S1. The van der Waals surface area contributed by atoms with E-state index >= 15 is 0 Å². The highest BCUT2D eigenvalue weighted by atomic mass is 32.2. The van der Waals surface area contributed by atoms with E-state index in [0.29, 0.717) is 10.9 Å². The molecule has 1 aliphatic rings. The van der Waals surface area contributed by atoms with Gasteiger partial charge in [0.25, 0.3) is 0 Å². The average molecular weight is 290 g/mol. The van der Waals surface area contributed by atoms with Gasteiger partial charge in [0.15, 0.2) is 5.17 Å². The summed E-state index contributed by atoms with van der Waals surface area (Å²) in [6.45, 7) is 1.73. The zero-order valence-electron chi connectivity index (χ0n) is 10.9. The van der Waals surface area contributed by atoms with Gasteiger partial charge in [0.2, 0.25) is 11.8 Å². The fraction of sp³-hybridized carbons (Fsp3) is 0.231. The number of carbonyl (C=O) groups excluding carboxylic acids is 2. The van der Waals surface area contributed by atoms with Crippen LogP contribution in [0.15, 0.2) is 40.5 Å². The summed E-state index contributed by atoms with van der Waals surface area (Å²) in [5, 5.41) is 12.8. The number of amides is 2. The summed E-state index contributed by atoms with van der Waals surface area (Å²) < 4.78 is 0. The molecule has 1 heterocycles. The van der Waals surface area contributed by atoms with Gasteiger partial charge < -0.3 is 10.6 Å². The number of carbonyl (C=O) groups is 2. The molecule has 104 valence electrons. The van der Waals surface area contributed by atoms with Crippen LogP contribution in [0, 0.1) is 0 Å². The van der Waals surface area contributed by atoms with Crippen LogP contribution in [0.25, 0.3) is 0 Å². The van der Waals surface area contributed by atoms with E-state index in [9.17, 15) is 9.59 Å². The number of para-hydroxylation sites is 1. The first-order chi connectivity index (χ1) is 9.69. The molecule has 0 aliphatic carbocycles. The fourth-order valence-corrected chi connectivity index (χ4v) is 2.52. The van der Waals surface area contributed by atoms with Gasteiger partial charge in [-0.15, -0.1) is 5.10 Å². The molecule has 0 spiro atoms. The number of hydrogen-bond donors (Lipinski definition) is 2. The van der Waals surface area contributed by atoms with E-state index in [1.807, 2.05) is 18.2 Å². The number of thioether (sulfide) groups is 1. The van der Waals surface area contributed by atoms with Gasteiger partial charge in [-0.3, -0.25) is 9.59 Å². The van der Waals surface area contributed by atoms with E-state index in [1.165, 1.54) is 18.0 Å². The zero-order chi connectivity index (χ0) is 14.4. The lowest BCUT2D eigenvalue weighted by Crippen LogP contribution is -2.28. The highest BCUT2D eigenvalue weighted by Crippen LogP contribution is 2.23. The van der Waals surface area contributed by atoms with Crippen LogP contribution in [0.5, 0.6) is 0 Å². The van der Waals surface area contributed by atoms with E-state index in [0.717, 1.165) is 0 Å². The minimum Gasteiger partial charge on any atom is -0.326 e. The van der Waals surface area contributed by atoms with Gasteiger partial charge in [0.1, 0.15) is 5.25 Å². The Balaban J connectivity index is 1.90. The Morgan fingerprint density at radius 3 is 2.90 bits per heavy atom. The van der Waals surface area contributed by atoms with Crippen molar-refractivity contribution in [1.82, 2.24) is 5.32 Å². The Bertz CT molecular complexity index is 557. The highest BCUT2D eigenvalue weighted by Gasteiger charge is 2.32. The van der Waals surface area contributed by atoms with Crippen molar-refractivity contribution in [3.05, 3.63) is 30.3 Å². The van der Waals surface area contributed by atoms with Crippen LogP contribution >= 0.6 is 11.8 Å². The monoisotopic (exact) mass is 290 g/mol. The van der Waals surface area contributed by atoms with Gasteiger partial charge in [-0.1, -0.05) is 30.0 Å². The summed E-state index contributed by atoms with van der Waals surface area (Å²) in [4.78, 5) is 23.6. The van der Waals surface area contributed by atoms with Crippen LogP contribution < -0.4 is 10.6 Å². The van der Waals surface area contributed by atoms with Gasteiger partial charge in [0.05, 0.1) is 0 Å². The lowest BCUT2D eigenvalue weighted by Gasteiger charge is -2.06. The molecule has 1 saturated heterocycles. The van der Waals surface area contributed by atoms with E-state index in [4.69, 9.17) is 0 Å². The Kier molecular flexibility index (Phi) is 4.89. The lowest BCUT2D eigenvalue weighted by molar-refractivity contribution is -0.122. The number of nitrogens with one attached hydrogen (secondary N) is 2. The molecule has 0 aromatic heterocycles. The molecule has 2 N–H and O–H groups in total. The Morgan fingerprint density at radius 1 is 1.45 bits per heavy atom. The maximum Gasteiger partial charge on any atom is 0.240 e. The average Bonchev–Trinajstić information content (AvgIpc) is 2.78. The number of nitrogens with zero attached hydrogens (tertiary/aromatic N) is 2. The van der Waals surface area contributed by atoms with E-state index < -0.39 is 5.25 Å². The number of benzene rings is 1. The molecule has 1 aromatic carbocycles. The minimum atomic E-state index is -0.468. The van der Waals surface area contributed by atoms with E-state index in [2.05, 4.69) is 20.8 Å². The summed E-state index contributed by atoms with van der Waals surface area (Å²) in [6, 6.07) is 9.12. The number of hydrogen-bond acceptors (Lipinski definition) is 5. The normalized spacial score (nSPS) is 20.4. The Hall–Kier alpha value is -2.15. The smallest absolute Gasteiger partial charge is 0.240 e. The van der Waals surface area contributed by atoms with Gasteiger partial charge in [-0.05, 0) is 19.1 Å². The van der Waals surface area contributed by atoms with Gasteiger partial charge in [-0.2, -0.15) is 5.10 Å². The Labute approximate surface area is 120 Å². The van der Waals surface area contributed by atoms with Gasteiger partial charge in [-0.25, -0.2) is 0 Å². The summed E-state index contributed by atoms with van der Waals surface area (Å²) >= 11 is 1.21. The van der Waals surface area contributed by atoms with Crippen molar-refractivity contribution < 1.29 is 9.59 Å². The first kappa shape index (κ1) is 14.3. The second kappa shape index (κ2) is 6.85. The third kappa shape index (κ3) is 3.92. The molecule has 1 fully saturated rings. The van der Waals surface area contributed by atoms with Crippen LogP contribution in [0.1, 0.15) is 13.3 Å². The molecule has 1 aromatic rings. The second-order valence-electron chi connectivity index (χ2n) is 3.99. The third-order valence-corrected chi connectivity index (χ3v) is 3.54. The van der Waals surface area contributed by atoms with Crippen molar-refractivity contribution in [3.63, 3.8) is 0 Å². The van der Waals surface area contributed by atoms with Crippen molar-refractivity contribution in [2.45, 2.75) is 18.6 Å². The topological polar surface area (TPSA) is 82.9 Å². The predicted molar refractivity (Wildman–Crippen MR) is 80.8 cm³/mol. The van der Waals surface area contributed by atoms with Crippen molar-refractivity contribution in [1.29, 1.82) is 0 Å². The summed E-state index contributed by atoms with van der Waals surface area (Å²) in [7, 11) is 0. The summed E-state index contributed by atoms with van der Waals surface area (Å²) in [5.41, 5.74) is 0.713. The van der Waals surface area contributed by atoms with E-state index in [-0.39, 0.29) is 18.2 Å². The molecular formula is C13H14N4O2S. The van der Waals surface area contributed by atoms with Crippen molar-refractivity contribution in [3.8, 4) is 0 Å². The molecule has 1 aliphatic heterocycles. The molecule has 2 rings (SSSR count). The zero-order valence-corrected chi connectivity index (χ0v) is 11.7. The maximum absolute atomic E-state index is 11.9. The van der Waals surface area contributed by atoms with Crippen LogP contribution in [0.2, 0.25) is 0 Å². The summed E-state index contributed by atoms with van der Waals surface area (Å²) in [6.07, 6.45) is 1.62. The minimum absolute atomic E-state index is 0.0975. The van der Waals surface area contributed by atoms with Crippen LogP contribution in [0.4, 0.5) is 5.69 Å². The second-order valence-corrected chi connectivity index (χ2v) is 5.18. The molecule has 20 heavy (non-hydrogen) atoms. The number of anilines is 1. The van der Waals surface area contributed by atoms with Crippen LogP contribution in [-0.2, 0) is 9.59 Å². The fourth-order valence-electron chi connectivity index (χ4n) is 1.60. The molecule has 0 saturated carbocycles. The quantitative estimate of drug-likeness (QED) is 0.653. The highest BCUT2D eigenvalue weighted by molar-refractivity contribution is 8.15. The van der Waals surface area contributed by atoms with Gasteiger partial charge in [0, 0.05) is 18.3 Å². The lowest BCUT2D eigenvalue weighted by atomic mass is 10.2. The molecule has 1 atom stereocenters. The number of rotatable bonds is 4. The van der Waals surface area contributed by atoms with Crippen LogP contribution in [0.3, 0.4) is 0 Å². The molecular weight excluding hydrogens is 276 g/mol. The first-order valence-electron chi connectivity index (χ1n) is 6.07. The molecule has 7 heteroatoms. The molecule has 0 radical (unpaired) electrons. The standard InChI is InChI=1S/C13H14N4O2S/c1-2-14-17-13-16-12(19)10(20-13)8-11(18)15-9-6-4-3-5-7-9/h2-7,10H,8H2,1H3,(H,15,18)(H,16,17,19)/b14-2-/t10-/m0/s1. The van der Waals surface area contributed by atoms with E-state index in [1.54, 1.807) is 19.1 Å².